The summed E-state index contributed by atoms with van der Waals surface area (Å²) in [4.78, 5) is 13.4. The summed E-state index contributed by atoms with van der Waals surface area (Å²) in [6.07, 6.45) is 1.69. The number of hydrogen-bond acceptors (Lipinski definition) is 4. The van der Waals surface area contributed by atoms with Gasteiger partial charge < -0.3 is 15.5 Å². The molecule has 0 bridgehead atoms. The van der Waals surface area contributed by atoms with Gasteiger partial charge in [0.25, 0.3) is 0 Å². The Morgan fingerprint density at radius 1 is 1.18 bits per heavy atom. The molecule has 0 spiro atoms. The van der Waals surface area contributed by atoms with Crippen molar-refractivity contribution in [2.24, 2.45) is 0 Å². The van der Waals surface area contributed by atoms with Crippen molar-refractivity contribution < 1.29 is 19.4 Å². The number of amides is 1. The highest BCUT2D eigenvalue weighted by Crippen LogP contribution is 2.33. The van der Waals surface area contributed by atoms with Gasteiger partial charge >= 0.3 is 0 Å². The number of carbonyl (C=O) groups is 1. The van der Waals surface area contributed by atoms with E-state index in [2.05, 4.69) is 5.32 Å². The van der Waals surface area contributed by atoms with Gasteiger partial charge in [-0.1, -0.05) is 36.4 Å². The number of aliphatic hydroxyl groups excluding tert-OH is 1. The number of halogens is 1. The van der Waals surface area contributed by atoms with Crippen LogP contribution in [0.25, 0.3) is 0 Å². The fourth-order valence-electron chi connectivity index (χ4n) is 4.21. The van der Waals surface area contributed by atoms with Crippen molar-refractivity contribution in [2.45, 2.75) is 43.9 Å². The number of likely N-dealkylation sites (tertiary alicyclic amines) is 1. The number of hydrogen-bond donors (Lipinski definition) is 3. The zero-order valence-corrected chi connectivity index (χ0v) is 15.7. The van der Waals surface area contributed by atoms with Gasteiger partial charge in [-0.05, 0) is 48.4 Å². The Morgan fingerprint density at radius 2 is 1.89 bits per heavy atom. The first-order valence-corrected chi connectivity index (χ1v) is 9.76. The zero-order chi connectivity index (χ0) is 19.7. The molecule has 4 rings (SSSR count). The maximum Gasteiger partial charge on any atom is 0.228 e. The van der Waals surface area contributed by atoms with Crippen LogP contribution in [0.3, 0.4) is 0 Å². The number of fused-ring (bicyclic) bond motifs is 1. The molecule has 2 aliphatic heterocycles. The molecule has 1 atom stereocenters. The Balaban J connectivity index is 1.33. The predicted octanol–water partition coefficient (Wildman–Crippen LogP) is 2.55. The number of piperidine rings is 1. The van der Waals surface area contributed by atoms with Gasteiger partial charge in [0, 0.05) is 13.1 Å². The van der Waals surface area contributed by atoms with E-state index in [-0.39, 0.29) is 18.0 Å². The minimum absolute atomic E-state index is 0.190. The van der Waals surface area contributed by atoms with E-state index in [0.29, 0.717) is 44.3 Å². The van der Waals surface area contributed by atoms with Gasteiger partial charge in [-0.15, -0.1) is 0 Å². The van der Waals surface area contributed by atoms with E-state index in [1.54, 1.807) is 0 Å². The van der Waals surface area contributed by atoms with E-state index < -0.39 is 17.6 Å². The molecule has 1 amide bonds. The summed E-state index contributed by atoms with van der Waals surface area (Å²) >= 11 is 0. The van der Waals surface area contributed by atoms with E-state index in [9.17, 15) is 19.4 Å². The fraction of sp³-hybridized carbons (Fsp3) is 0.409. The van der Waals surface area contributed by atoms with Crippen molar-refractivity contribution in [3.8, 4) is 0 Å². The topological polar surface area (TPSA) is 72.8 Å². The van der Waals surface area contributed by atoms with Crippen LogP contribution in [0.5, 0.6) is 0 Å². The van der Waals surface area contributed by atoms with Gasteiger partial charge in [0.1, 0.15) is 12.0 Å². The first-order chi connectivity index (χ1) is 13.4. The van der Waals surface area contributed by atoms with Crippen LogP contribution in [-0.4, -0.2) is 40.3 Å². The number of nitrogens with zero attached hydrogens (tertiary/aromatic N) is 1. The maximum absolute atomic E-state index is 14.1. The average Bonchev–Trinajstić information content (AvgIpc) is 3.08. The Labute approximate surface area is 163 Å². The third-order valence-electron chi connectivity index (χ3n) is 5.90. The number of anilines is 1. The van der Waals surface area contributed by atoms with Crippen LogP contribution >= 0.6 is 0 Å². The van der Waals surface area contributed by atoms with Crippen LogP contribution in [0.15, 0.2) is 42.5 Å². The first kappa shape index (κ1) is 19.1. The Bertz CT molecular complexity index is 864. The second-order valence-electron chi connectivity index (χ2n) is 7.79. The first-order valence-electron chi connectivity index (χ1n) is 9.76. The molecule has 6 heteroatoms. The summed E-state index contributed by atoms with van der Waals surface area (Å²) < 4.78 is 14.1. The molecule has 2 aliphatic rings. The van der Waals surface area contributed by atoms with Gasteiger partial charge in [-0.3, -0.25) is 9.69 Å². The Kier molecular flexibility index (Phi) is 5.19. The van der Waals surface area contributed by atoms with E-state index in [0.717, 1.165) is 11.1 Å². The van der Waals surface area contributed by atoms with Gasteiger partial charge in [-0.25, -0.2) is 4.39 Å². The van der Waals surface area contributed by atoms with Crippen molar-refractivity contribution >= 4 is 11.6 Å². The molecule has 1 saturated heterocycles. The quantitative estimate of drug-likeness (QED) is 0.741. The van der Waals surface area contributed by atoms with Gasteiger partial charge in [0.2, 0.25) is 5.91 Å². The van der Waals surface area contributed by atoms with Crippen molar-refractivity contribution in [3.63, 3.8) is 0 Å². The Hall–Kier alpha value is -2.28. The summed E-state index contributed by atoms with van der Waals surface area (Å²) in [6.45, 7) is 1.20. The Morgan fingerprint density at radius 3 is 2.61 bits per heavy atom. The van der Waals surface area contributed by atoms with E-state index in [4.69, 9.17) is 0 Å². The average molecular weight is 384 g/mol. The van der Waals surface area contributed by atoms with E-state index >= 15 is 0 Å². The van der Waals surface area contributed by atoms with Crippen LogP contribution in [0.1, 0.15) is 36.0 Å². The van der Waals surface area contributed by atoms with E-state index in [1.165, 1.54) is 6.07 Å². The zero-order valence-electron chi connectivity index (χ0n) is 15.7. The van der Waals surface area contributed by atoms with E-state index in [1.807, 2.05) is 41.3 Å². The lowest BCUT2D eigenvalue weighted by Gasteiger charge is -2.40. The SMILES string of the molecule is O=C1Cc2cc(CCC(O)N3CCC(O)(c4ccccc4)CC3)cc(F)c2N1. The smallest absolute Gasteiger partial charge is 0.228 e. The molecule has 28 heavy (non-hydrogen) atoms. The number of benzene rings is 2. The molecule has 1 fully saturated rings. The summed E-state index contributed by atoms with van der Waals surface area (Å²) in [6, 6.07) is 12.9. The highest BCUT2D eigenvalue weighted by atomic mass is 19.1. The molecule has 2 heterocycles. The molecule has 5 nitrogen and oxygen atoms in total. The largest absolute Gasteiger partial charge is 0.385 e. The van der Waals surface area contributed by atoms with Crippen LogP contribution < -0.4 is 5.32 Å². The second-order valence-corrected chi connectivity index (χ2v) is 7.79. The molecule has 3 N–H and O–H groups in total. The standard InChI is InChI=1S/C22H25FN2O3/c23-18-13-15(12-16-14-19(26)24-21(16)18)6-7-20(27)25-10-8-22(28,9-11-25)17-4-2-1-3-5-17/h1-5,12-13,20,27-28H,6-11,14H2,(H,24,26). The van der Waals surface area contributed by atoms with Gasteiger partial charge in [0.05, 0.1) is 17.7 Å². The number of nitrogens with one attached hydrogen (secondary N) is 1. The third-order valence-corrected chi connectivity index (χ3v) is 5.90. The number of rotatable bonds is 5. The van der Waals surface area contributed by atoms with Crippen molar-refractivity contribution in [1.29, 1.82) is 0 Å². The molecule has 0 radical (unpaired) electrons. The lowest BCUT2D eigenvalue weighted by molar-refractivity contribution is -0.115. The molecule has 0 aromatic heterocycles. The van der Waals surface area contributed by atoms with Crippen LogP contribution in [-0.2, 0) is 23.2 Å². The number of aryl methyl sites for hydroxylation is 1. The normalized spacial score (nSPS) is 19.9. The molecule has 2 aromatic rings. The van der Waals surface area contributed by atoms with Crippen LogP contribution in [0.4, 0.5) is 10.1 Å². The monoisotopic (exact) mass is 384 g/mol. The van der Waals surface area contributed by atoms with Crippen LogP contribution in [0.2, 0.25) is 0 Å². The lowest BCUT2D eigenvalue weighted by Crippen LogP contribution is -2.47. The van der Waals surface area contributed by atoms with Crippen LogP contribution in [0, 0.1) is 5.82 Å². The lowest BCUT2D eigenvalue weighted by atomic mass is 9.84. The maximum atomic E-state index is 14.1. The summed E-state index contributed by atoms with van der Waals surface area (Å²) in [7, 11) is 0. The fourth-order valence-corrected chi connectivity index (χ4v) is 4.21. The highest BCUT2D eigenvalue weighted by Gasteiger charge is 2.35. The number of aliphatic hydroxyl groups is 2. The number of carbonyl (C=O) groups excluding carboxylic acids is 1. The highest BCUT2D eigenvalue weighted by molar-refractivity contribution is 5.99. The molecule has 1 unspecified atom stereocenters. The third kappa shape index (κ3) is 3.81. The van der Waals surface area contributed by atoms with Gasteiger partial charge in [-0.2, -0.15) is 0 Å². The minimum atomic E-state index is -0.847. The van der Waals surface area contributed by atoms with Gasteiger partial charge in [0.15, 0.2) is 0 Å². The predicted molar refractivity (Wildman–Crippen MR) is 104 cm³/mol. The molecule has 148 valence electrons. The second kappa shape index (κ2) is 7.62. The van der Waals surface area contributed by atoms with Crippen molar-refractivity contribution in [3.05, 3.63) is 65.0 Å². The summed E-state index contributed by atoms with van der Waals surface area (Å²) in [5.41, 5.74) is 1.82. The molecular weight excluding hydrogens is 359 g/mol. The molecule has 2 aromatic carbocycles. The van der Waals surface area contributed by atoms with Crippen molar-refractivity contribution in [1.82, 2.24) is 4.90 Å². The summed E-state index contributed by atoms with van der Waals surface area (Å²) in [5.74, 6) is -0.607. The summed E-state index contributed by atoms with van der Waals surface area (Å²) in [5, 5.41) is 24.0. The molecule has 0 aliphatic carbocycles. The van der Waals surface area contributed by atoms with Crippen molar-refractivity contribution in [2.75, 3.05) is 18.4 Å². The minimum Gasteiger partial charge on any atom is -0.385 e. The molecular formula is C22H25FN2O3. The molecule has 0 saturated carbocycles.